The van der Waals surface area contributed by atoms with Crippen LogP contribution in [0.2, 0.25) is 0 Å². The quantitative estimate of drug-likeness (QED) is 0.887. The van der Waals surface area contributed by atoms with Gasteiger partial charge in [0.05, 0.1) is 12.1 Å². The summed E-state index contributed by atoms with van der Waals surface area (Å²) in [5.74, 6) is -1.08. The summed E-state index contributed by atoms with van der Waals surface area (Å²) in [6.45, 7) is 8.43. The van der Waals surface area contributed by atoms with Gasteiger partial charge in [-0.3, -0.25) is 4.79 Å². The monoisotopic (exact) mass is 320 g/mol. The number of aryl methyl sites for hydroxylation is 1. The van der Waals surface area contributed by atoms with Crippen LogP contribution in [-0.4, -0.2) is 21.6 Å². The van der Waals surface area contributed by atoms with Gasteiger partial charge in [0.1, 0.15) is 4.88 Å². The molecule has 2 aromatic heterocycles. The maximum atomic E-state index is 12.3. The second-order valence-corrected chi connectivity index (χ2v) is 6.67. The minimum absolute atomic E-state index is 0.134. The molecule has 0 saturated carbocycles. The van der Waals surface area contributed by atoms with Gasteiger partial charge in [0.25, 0.3) is 5.91 Å². The minimum atomic E-state index is -0.942. The molecule has 0 spiro atoms. The van der Waals surface area contributed by atoms with E-state index in [1.54, 1.807) is 12.1 Å². The third kappa shape index (κ3) is 3.22. The molecule has 0 atom stereocenters. The van der Waals surface area contributed by atoms with Crippen LogP contribution in [0, 0.1) is 13.8 Å². The highest BCUT2D eigenvalue weighted by molar-refractivity contribution is 7.13. The first-order valence-corrected chi connectivity index (χ1v) is 7.91. The van der Waals surface area contributed by atoms with Gasteiger partial charge in [-0.25, -0.2) is 4.79 Å². The lowest BCUT2D eigenvalue weighted by Crippen LogP contribution is -2.23. The fourth-order valence-corrected chi connectivity index (χ4v) is 3.44. The van der Waals surface area contributed by atoms with Crippen LogP contribution >= 0.6 is 11.3 Å². The molecular weight excluding hydrogens is 300 g/mol. The molecule has 0 aromatic carbocycles. The van der Waals surface area contributed by atoms with Crippen molar-refractivity contribution in [2.45, 2.75) is 40.3 Å². The molecule has 0 aliphatic carbocycles. The summed E-state index contributed by atoms with van der Waals surface area (Å²) in [7, 11) is 0. The SMILES string of the molecule is Cc1cc(C(=O)NCc2ccc(C(=O)O)s2)c(C)n1C(C)C. The number of carboxylic acid groups (broad SMARTS) is 1. The molecule has 2 rings (SSSR count). The summed E-state index contributed by atoms with van der Waals surface area (Å²) in [6, 6.07) is 5.48. The molecule has 5 nitrogen and oxygen atoms in total. The standard InChI is InChI=1S/C16H20N2O3S/c1-9(2)18-10(3)7-13(11(18)4)15(19)17-8-12-5-6-14(22-12)16(20)21/h5-7,9H,8H2,1-4H3,(H,17,19)(H,20,21). The maximum Gasteiger partial charge on any atom is 0.345 e. The zero-order valence-corrected chi connectivity index (χ0v) is 14.0. The molecule has 0 radical (unpaired) electrons. The van der Waals surface area contributed by atoms with E-state index in [1.165, 1.54) is 11.3 Å². The lowest BCUT2D eigenvalue weighted by atomic mass is 10.2. The number of hydrogen-bond donors (Lipinski definition) is 2. The molecule has 2 aromatic rings. The van der Waals surface area contributed by atoms with Gasteiger partial charge in [-0.2, -0.15) is 0 Å². The van der Waals surface area contributed by atoms with E-state index in [0.29, 0.717) is 18.2 Å². The molecule has 22 heavy (non-hydrogen) atoms. The molecule has 0 unspecified atom stereocenters. The normalized spacial score (nSPS) is 11.0. The highest BCUT2D eigenvalue weighted by Gasteiger charge is 2.17. The van der Waals surface area contributed by atoms with E-state index in [4.69, 9.17) is 5.11 Å². The van der Waals surface area contributed by atoms with Crippen molar-refractivity contribution in [2.75, 3.05) is 0 Å². The Hall–Kier alpha value is -2.08. The van der Waals surface area contributed by atoms with Gasteiger partial charge in [0.15, 0.2) is 0 Å². The van der Waals surface area contributed by atoms with Crippen molar-refractivity contribution in [3.8, 4) is 0 Å². The van der Waals surface area contributed by atoms with Crippen LogP contribution in [0.4, 0.5) is 0 Å². The third-order valence-corrected chi connectivity index (χ3v) is 4.61. The number of carbonyl (C=O) groups is 2. The molecular formula is C16H20N2O3S. The second-order valence-electron chi connectivity index (χ2n) is 5.50. The summed E-state index contributed by atoms with van der Waals surface area (Å²) in [4.78, 5) is 24.3. The number of nitrogens with zero attached hydrogens (tertiary/aromatic N) is 1. The van der Waals surface area contributed by atoms with Crippen molar-refractivity contribution >= 4 is 23.2 Å². The number of thiophene rings is 1. The Labute approximate surface area is 133 Å². The Bertz CT molecular complexity index is 713. The highest BCUT2D eigenvalue weighted by atomic mass is 32.1. The van der Waals surface area contributed by atoms with Crippen LogP contribution in [0.25, 0.3) is 0 Å². The summed E-state index contributed by atoms with van der Waals surface area (Å²) in [6.07, 6.45) is 0. The van der Waals surface area contributed by atoms with Crippen LogP contribution in [0.5, 0.6) is 0 Å². The number of aromatic carboxylic acids is 1. The molecule has 118 valence electrons. The smallest absolute Gasteiger partial charge is 0.345 e. The number of hydrogen-bond acceptors (Lipinski definition) is 3. The van der Waals surface area contributed by atoms with E-state index in [9.17, 15) is 9.59 Å². The number of amides is 1. The summed E-state index contributed by atoms with van der Waals surface area (Å²) >= 11 is 1.18. The Kier molecular flexibility index (Phi) is 4.71. The molecule has 0 saturated heterocycles. The molecule has 0 aliphatic heterocycles. The van der Waals surface area contributed by atoms with E-state index in [0.717, 1.165) is 16.3 Å². The highest BCUT2D eigenvalue weighted by Crippen LogP contribution is 2.21. The number of rotatable bonds is 5. The summed E-state index contributed by atoms with van der Waals surface area (Å²) < 4.78 is 2.13. The lowest BCUT2D eigenvalue weighted by molar-refractivity contribution is 0.0702. The zero-order chi connectivity index (χ0) is 16.4. The van der Waals surface area contributed by atoms with Gasteiger partial charge in [-0.05, 0) is 45.9 Å². The van der Waals surface area contributed by atoms with Crippen LogP contribution in [0.15, 0.2) is 18.2 Å². The molecule has 2 N–H and O–H groups in total. The topological polar surface area (TPSA) is 71.3 Å². The fourth-order valence-electron chi connectivity index (χ4n) is 2.65. The van der Waals surface area contributed by atoms with Crippen LogP contribution in [-0.2, 0) is 6.54 Å². The number of aromatic nitrogens is 1. The van der Waals surface area contributed by atoms with Crippen LogP contribution < -0.4 is 5.32 Å². The molecule has 1 amide bonds. The largest absolute Gasteiger partial charge is 0.477 e. The number of carboxylic acids is 1. The summed E-state index contributed by atoms with van der Waals surface area (Å²) in [5, 5.41) is 11.7. The third-order valence-electron chi connectivity index (χ3n) is 3.54. The van der Waals surface area contributed by atoms with E-state index >= 15 is 0 Å². The molecule has 0 fully saturated rings. The zero-order valence-electron chi connectivity index (χ0n) is 13.1. The van der Waals surface area contributed by atoms with Crippen molar-refractivity contribution in [2.24, 2.45) is 0 Å². The van der Waals surface area contributed by atoms with Gasteiger partial charge < -0.3 is 15.0 Å². The van der Waals surface area contributed by atoms with Gasteiger partial charge in [-0.15, -0.1) is 11.3 Å². The van der Waals surface area contributed by atoms with Gasteiger partial charge in [0, 0.05) is 22.3 Å². The Balaban J connectivity index is 2.09. The first-order chi connectivity index (χ1) is 10.3. The molecule has 2 heterocycles. The van der Waals surface area contributed by atoms with Crippen molar-refractivity contribution in [3.63, 3.8) is 0 Å². The van der Waals surface area contributed by atoms with Gasteiger partial charge in [0.2, 0.25) is 0 Å². The predicted molar refractivity (Wildman–Crippen MR) is 86.7 cm³/mol. The van der Waals surface area contributed by atoms with E-state index in [1.807, 2.05) is 19.9 Å². The van der Waals surface area contributed by atoms with Gasteiger partial charge >= 0.3 is 5.97 Å². The number of nitrogens with one attached hydrogen (secondary N) is 1. The van der Waals surface area contributed by atoms with E-state index < -0.39 is 5.97 Å². The average Bonchev–Trinajstić information content (AvgIpc) is 3.01. The molecule has 0 aliphatic rings. The first kappa shape index (κ1) is 16.3. The van der Waals surface area contributed by atoms with Crippen molar-refractivity contribution in [1.82, 2.24) is 9.88 Å². The van der Waals surface area contributed by atoms with Crippen molar-refractivity contribution in [3.05, 3.63) is 44.9 Å². The minimum Gasteiger partial charge on any atom is -0.477 e. The lowest BCUT2D eigenvalue weighted by Gasteiger charge is -2.13. The first-order valence-electron chi connectivity index (χ1n) is 7.10. The molecule has 0 bridgehead atoms. The van der Waals surface area contributed by atoms with Crippen molar-refractivity contribution < 1.29 is 14.7 Å². The average molecular weight is 320 g/mol. The summed E-state index contributed by atoms with van der Waals surface area (Å²) in [5.41, 5.74) is 2.67. The predicted octanol–water partition coefficient (Wildman–Crippen LogP) is 3.38. The van der Waals surface area contributed by atoms with Crippen molar-refractivity contribution in [1.29, 1.82) is 0 Å². The van der Waals surface area contributed by atoms with Gasteiger partial charge in [-0.1, -0.05) is 0 Å². The van der Waals surface area contributed by atoms with E-state index in [2.05, 4.69) is 23.7 Å². The maximum absolute atomic E-state index is 12.3. The Morgan fingerprint density at radius 3 is 2.50 bits per heavy atom. The second kappa shape index (κ2) is 6.36. The van der Waals surface area contributed by atoms with Crippen LogP contribution in [0.1, 0.15) is 56.2 Å². The Morgan fingerprint density at radius 2 is 2.00 bits per heavy atom. The Morgan fingerprint density at radius 1 is 1.32 bits per heavy atom. The fraction of sp³-hybridized carbons (Fsp3) is 0.375. The number of carbonyl (C=O) groups excluding carboxylic acids is 1. The van der Waals surface area contributed by atoms with Crippen LogP contribution in [0.3, 0.4) is 0 Å². The van der Waals surface area contributed by atoms with E-state index in [-0.39, 0.29) is 10.8 Å². The molecule has 6 heteroatoms.